The van der Waals surface area contributed by atoms with Crippen LogP contribution in [0.1, 0.15) is 52.5 Å². The lowest BCUT2D eigenvalue weighted by molar-refractivity contribution is -0.154. The van der Waals surface area contributed by atoms with E-state index in [9.17, 15) is 0 Å². The minimum atomic E-state index is -0.190. The molecular formula is C22H34ClNO. The highest BCUT2D eigenvalue weighted by molar-refractivity contribution is 6.30. The molecule has 0 N–H and O–H groups in total. The van der Waals surface area contributed by atoms with E-state index in [1.165, 1.54) is 18.4 Å². The zero-order valence-corrected chi connectivity index (χ0v) is 17.5. The second-order valence-electron chi connectivity index (χ2n) is 9.51. The highest BCUT2D eigenvalue weighted by atomic mass is 35.5. The molecule has 2 saturated carbocycles. The summed E-state index contributed by atoms with van der Waals surface area (Å²) in [5.74, 6) is 1.25. The van der Waals surface area contributed by atoms with E-state index in [4.69, 9.17) is 16.3 Å². The molecule has 0 aliphatic heterocycles. The normalized spacial score (nSPS) is 34.6. The van der Waals surface area contributed by atoms with Gasteiger partial charge in [0.25, 0.3) is 0 Å². The number of nitrogens with zero attached hydrogens (tertiary/aromatic N) is 1. The van der Waals surface area contributed by atoms with Gasteiger partial charge in [-0.05, 0) is 68.3 Å². The molecule has 0 radical (unpaired) electrons. The van der Waals surface area contributed by atoms with E-state index in [0.717, 1.165) is 30.5 Å². The van der Waals surface area contributed by atoms with Crippen molar-refractivity contribution in [1.29, 1.82) is 0 Å². The second-order valence-corrected chi connectivity index (χ2v) is 9.94. The Kier molecular flexibility index (Phi) is 5.03. The largest absolute Gasteiger partial charge is 0.369 e. The van der Waals surface area contributed by atoms with Gasteiger partial charge in [-0.2, -0.15) is 0 Å². The van der Waals surface area contributed by atoms with Crippen molar-refractivity contribution in [3.05, 3.63) is 34.9 Å². The van der Waals surface area contributed by atoms with Gasteiger partial charge in [0.15, 0.2) is 0 Å². The molecule has 0 heterocycles. The van der Waals surface area contributed by atoms with Crippen LogP contribution in [0.2, 0.25) is 5.02 Å². The molecule has 2 bridgehead atoms. The van der Waals surface area contributed by atoms with E-state index in [2.05, 4.69) is 58.8 Å². The molecule has 2 aliphatic carbocycles. The zero-order valence-electron chi connectivity index (χ0n) is 16.7. The topological polar surface area (TPSA) is 12.5 Å². The lowest BCUT2D eigenvalue weighted by atomic mass is 9.62. The summed E-state index contributed by atoms with van der Waals surface area (Å²) in [7, 11) is 4.26. The molecule has 25 heavy (non-hydrogen) atoms. The van der Waals surface area contributed by atoms with Crippen LogP contribution in [0.4, 0.5) is 0 Å². The quantitative estimate of drug-likeness (QED) is 0.652. The van der Waals surface area contributed by atoms with Crippen molar-refractivity contribution >= 4 is 11.6 Å². The lowest BCUT2D eigenvalue weighted by Crippen LogP contribution is -2.47. The fourth-order valence-corrected chi connectivity index (χ4v) is 5.79. The molecule has 2 fully saturated rings. The van der Waals surface area contributed by atoms with Crippen LogP contribution in [-0.4, -0.2) is 32.1 Å². The maximum atomic E-state index is 6.88. The predicted molar refractivity (Wildman–Crippen MR) is 106 cm³/mol. The van der Waals surface area contributed by atoms with Gasteiger partial charge >= 0.3 is 0 Å². The third-order valence-electron chi connectivity index (χ3n) is 7.46. The molecule has 3 rings (SSSR count). The number of benzene rings is 1. The monoisotopic (exact) mass is 363 g/mol. The van der Waals surface area contributed by atoms with Crippen LogP contribution in [0.25, 0.3) is 0 Å². The van der Waals surface area contributed by atoms with E-state index in [0.29, 0.717) is 11.3 Å². The van der Waals surface area contributed by atoms with Crippen LogP contribution in [0.15, 0.2) is 24.3 Å². The number of hydrogen-bond donors (Lipinski definition) is 0. The minimum Gasteiger partial charge on any atom is -0.369 e. The van der Waals surface area contributed by atoms with Crippen LogP contribution in [0.3, 0.4) is 0 Å². The fourth-order valence-electron chi connectivity index (χ4n) is 5.67. The highest BCUT2D eigenvalue weighted by Crippen LogP contribution is 2.73. The SMILES string of the molecule is CC(COC1(c2ccc(Cl)cc2)CC2CCC1(C)C2(C)C)CN(C)C. The Bertz CT molecular complexity index is 611. The van der Waals surface area contributed by atoms with Crippen LogP contribution in [0, 0.1) is 22.7 Å². The Labute approximate surface area is 158 Å². The summed E-state index contributed by atoms with van der Waals surface area (Å²) in [6.07, 6.45) is 3.71. The molecule has 1 aromatic rings. The Morgan fingerprint density at radius 2 is 1.84 bits per heavy atom. The summed E-state index contributed by atoms with van der Waals surface area (Å²) in [6, 6.07) is 8.43. The van der Waals surface area contributed by atoms with E-state index in [-0.39, 0.29) is 11.0 Å². The summed E-state index contributed by atoms with van der Waals surface area (Å²) < 4.78 is 6.88. The minimum absolute atomic E-state index is 0.163. The van der Waals surface area contributed by atoms with Gasteiger partial charge in [0.05, 0.1) is 12.2 Å². The van der Waals surface area contributed by atoms with E-state index in [1.54, 1.807) is 0 Å². The zero-order chi connectivity index (χ0) is 18.5. The lowest BCUT2D eigenvalue weighted by Gasteiger charge is -2.49. The first-order valence-corrected chi connectivity index (χ1v) is 10.0. The fraction of sp³-hybridized carbons (Fsp3) is 0.727. The standard InChI is InChI=1S/C22H34ClNO/c1-16(14-24(5)6)15-25-22(17-7-9-19(23)10-8-17)13-18-11-12-21(22,4)20(18,2)3/h7-10,16,18H,11-15H2,1-6H3. The predicted octanol–water partition coefficient (Wildman–Crippen LogP) is 5.60. The summed E-state index contributed by atoms with van der Waals surface area (Å²) >= 11 is 6.17. The van der Waals surface area contributed by atoms with Gasteiger partial charge < -0.3 is 9.64 Å². The molecular weight excluding hydrogens is 330 g/mol. The third kappa shape index (κ3) is 2.95. The molecule has 3 heteroatoms. The van der Waals surface area contributed by atoms with Gasteiger partial charge in [-0.3, -0.25) is 0 Å². The number of hydrogen-bond acceptors (Lipinski definition) is 2. The maximum absolute atomic E-state index is 6.88. The van der Waals surface area contributed by atoms with Gasteiger partial charge in [-0.1, -0.05) is 51.4 Å². The van der Waals surface area contributed by atoms with Crippen molar-refractivity contribution in [2.75, 3.05) is 27.2 Å². The first-order valence-electron chi connectivity index (χ1n) is 9.67. The first-order chi connectivity index (χ1) is 11.6. The molecule has 2 nitrogen and oxygen atoms in total. The van der Waals surface area contributed by atoms with Crippen LogP contribution in [-0.2, 0) is 10.3 Å². The van der Waals surface area contributed by atoms with E-state index < -0.39 is 0 Å². The maximum Gasteiger partial charge on any atom is 0.0992 e. The molecule has 140 valence electrons. The molecule has 2 aliphatic rings. The molecule has 4 atom stereocenters. The first kappa shape index (κ1) is 19.2. The second kappa shape index (κ2) is 6.55. The van der Waals surface area contributed by atoms with Gasteiger partial charge in [0, 0.05) is 17.0 Å². The van der Waals surface area contributed by atoms with Gasteiger partial charge in [0.1, 0.15) is 0 Å². The molecule has 0 saturated heterocycles. The highest BCUT2D eigenvalue weighted by Gasteiger charge is 2.70. The molecule has 0 aromatic heterocycles. The van der Waals surface area contributed by atoms with Gasteiger partial charge in [0.2, 0.25) is 0 Å². The number of fused-ring (bicyclic) bond motifs is 2. The van der Waals surface area contributed by atoms with Gasteiger partial charge in [-0.25, -0.2) is 0 Å². The van der Waals surface area contributed by atoms with Crippen molar-refractivity contribution in [2.24, 2.45) is 22.7 Å². The third-order valence-corrected chi connectivity index (χ3v) is 7.71. The van der Waals surface area contributed by atoms with Crippen molar-refractivity contribution in [3.63, 3.8) is 0 Å². The summed E-state index contributed by atoms with van der Waals surface area (Å²) in [5, 5.41) is 0.799. The Hall–Kier alpha value is -0.570. The van der Waals surface area contributed by atoms with Crippen LogP contribution < -0.4 is 0 Å². The molecule has 0 amide bonds. The summed E-state index contributed by atoms with van der Waals surface area (Å²) in [5.41, 5.74) is 1.59. The Morgan fingerprint density at radius 1 is 1.20 bits per heavy atom. The van der Waals surface area contributed by atoms with Gasteiger partial charge in [-0.15, -0.1) is 0 Å². The average Bonchev–Trinajstić information content (AvgIpc) is 2.85. The summed E-state index contributed by atoms with van der Waals surface area (Å²) in [6.45, 7) is 11.5. The molecule has 1 aromatic carbocycles. The summed E-state index contributed by atoms with van der Waals surface area (Å²) in [4.78, 5) is 2.25. The number of halogens is 1. The number of rotatable bonds is 6. The van der Waals surface area contributed by atoms with Crippen molar-refractivity contribution in [1.82, 2.24) is 4.90 Å². The number of ether oxygens (including phenoxy) is 1. The van der Waals surface area contributed by atoms with Crippen LogP contribution >= 0.6 is 11.6 Å². The van der Waals surface area contributed by atoms with Crippen LogP contribution in [0.5, 0.6) is 0 Å². The van der Waals surface area contributed by atoms with E-state index >= 15 is 0 Å². The average molecular weight is 364 g/mol. The Balaban J connectivity index is 1.95. The van der Waals surface area contributed by atoms with E-state index in [1.807, 2.05) is 12.1 Å². The van der Waals surface area contributed by atoms with Crippen molar-refractivity contribution in [3.8, 4) is 0 Å². The Morgan fingerprint density at radius 3 is 2.32 bits per heavy atom. The smallest absolute Gasteiger partial charge is 0.0992 e. The van der Waals surface area contributed by atoms with Crippen molar-refractivity contribution < 1.29 is 4.74 Å². The van der Waals surface area contributed by atoms with Crippen molar-refractivity contribution in [2.45, 2.75) is 52.6 Å². The molecule has 0 spiro atoms. The molecule has 4 unspecified atom stereocenters.